The van der Waals surface area contributed by atoms with Crippen LogP contribution < -0.4 is 4.90 Å². The highest BCUT2D eigenvalue weighted by Crippen LogP contribution is 2.25. The number of anilines is 1. The molecule has 0 spiro atoms. The average Bonchev–Trinajstić information content (AvgIpc) is 2.40. The molecule has 0 unspecified atom stereocenters. The van der Waals surface area contributed by atoms with E-state index in [4.69, 9.17) is 0 Å². The van der Waals surface area contributed by atoms with Gasteiger partial charge in [-0.05, 0) is 12.1 Å². The minimum Gasteiger partial charge on any atom is -0.392 e. The van der Waals surface area contributed by atoms with Crippen LogP contribution in [0.2, 0.25) is 0 Å². The second kappa shape index (κ2) is 5.80. The van der Waals surface area contributed by atoms with Crippen molar-refractivity contribution in [2.75, 3.05) is 11.9 Å². The van der Waals surface area contributed by atoms with Crippen molar-refractivity contribution in [1.82, 2.24) is 0 Å². The van der Waals surface area contributed by atoms with Crippen LogP contribution in [0, 0.1) is 11.6 Å². The number of halogens is 2. The summed E-state index contributed by atoms with van der Waals surface area (Å²) >= 11 is 0. The summed E-state index contributed by atoms with van der Waals surface area (Å²) in [5.74, 6) is -0.748. The minimum atomic E-state index is -0.426. The lowest BCUT2D eigenvalue weighted by atomic mass is 10.1. The van der Waals surface area contributed by atoms with E-state index in [9.17, 15) is 13.9 Å². The van der Waals surface area contributed by atoms with Crippen molar-refractivity contribution in [1.29, 1.82) is 0 Å². The monoisotopic (exact) mass is 263 g/mol. The molecule has 2 aromatic carbocycles. The highest BCUT2D eigenvalue weighted by Gasteiger charge is 2.14. The molecule has 0 atom stereocenters. The molecule has 0 bridgehead atoms. The molecule has 0 amide bonds. The zero-order valence-corrected chi connectivity index (χ0v) is 10.6. The molecule has 2 aromatic rings. The molecule has 0 aromatic heterocycles. The van der Waals surface area contributed by atoms with E-state index in [1.807, 2.05) is 0 Å². The van der Waals surface area contributed by atoms with E-state index < -0.39 is 5.82 Å². The average molecular weight is 263 g/mol. The maximum atomic E-state index is 13.8. The van der Waals surface area contributed by atoms with Gasteiger partial charge >= 0.3 is 0 Å². The highest BCUT2D eigenvalue weighted by atomic mass is 19.1. The molecule has 19 heavy (non-hydrogen) atoms. The van der Waals surface area contributed by atoms with E-state index in [0.717, 1.165) is 0 Å². The Hall–Kier alpha value is -1.94. The third-order valence-corrected chi connectivity index (χ3v) is 2.99. The van der Waals surface area contributed by atoms with Gasteiger partial charge in [-0.15, -0.1) is 0 Å². The van der Waals surface area contributed by atoms with Crippen LogP contribution in [0.3, 0.4) is 0 Å². The quantitative estimate of drug-likeness (QED) is 0.916. The molecular weight excluding hydrogens is 248 g/mol. The fourth-order valence-corrected chi connectivity index (χ4v) is 2.08. The first kappa shape index (κ1) is 13.5. The Morgan fingerprint density at radius 3 is 2.26 bits per heavy atom. The Kier molecular flexibility index (Phi) is 4.12. The largest absolute Gasteiger partial charge is 0.392 e. The summed E-state index contributed by atoms with van der Waals surface area (Å²) in [6.45, 7) is -0.0185. The summed E-state index contributed by atoms with van der Waals surface area (Å²) in [6.07, 6.45) is 0. The van der Waals surface area contributed by atoms with Crippen molar-refractivity contribution in [3.63, 3.8) is 0 Å². The van der Waals surface area contributed by atoms with E-state index >= 15 is 0 Å². The molecule has 0 aliphatic heterocycles. The van der Waals surface area contributed by atoms with E-state index in [1.54, 1.807) is 42.3 Å². The Morgan fingerprint density at radius 2 is 1.58 bits per heavy atom. The molecule has 2 nitrogen and oxygen atoms in total. The van der Waals surface area contributed by atoms with Crippen LogP contribution in [0.15, 0.2) is 42.5 Å². The highest BCUT2D eigenvalue weighted by molar-refractivity contribution is 5.54. The third-order valence-electron chi connectivity index (χ3n) is 2.99. The first-order valence-electron chi connectivity index (χ1n) is 5.96. The van der Waals surface area contributed by atoms with E-state index in [2.05, 4.69) is 0 Å². The van der Waals surface area contributed by atoms with E-state index in [0.29, 0.717) is 16.8 Å². The summed E-state index contributed by atoms with van der Waals surface area (Å²) in [5.41, 5.74) is 1.27. The minimum absolute atomic E-state index is 0.237. The Morgan fingerprint density at radius 1 is 0.947 bits per heavy atom. The Balaban J connectivity index is 2.30. The van der Waals surface area contributed by atoms with Crippen LogP contribution in [-0.4, -0.2) is 12.2 Å². The maximum Gasteiger partial charge on any atom is 0.146 e. The van der Waals surface area contributed by atoms with Crippen LogP contribution in [0.5, 0.6) is 0 Å². The van der Waals surface area contributed by atoms with Gasteiger partial charge in [0.25, 0.3) is 0 Å². The van der Waals surface area contributed by atoms with Gasteiger partial charge in [-0.1, -0.05) is 30.3 Å². The molecule has 0 saturated carbocycles. The molecule has 0 aliphatic rings. The molecular formula is C15H15F2NO. The van der Waals surface area contributed by atoms with Gasteiger partial charge in [0, 0.05) is 24.7 Å². The standard InChI is InChI=1S/C15H15F2NO/c1-18(9-11-5-2-3-7-13(11)16)15-12(10-19)6-4-8-14(15)17/h2-8,19H,9-10H2,1H3. The summed E-state index contributed by atoms with van der Waals surface area (Å²) < 4.78 is 27.4. The van der Waals surface area contributed by atoms with Gasteiger partial charge < -0.3 is 10.0 Å². The van der Waals surface area contributed by atoms with Crippen LogP contribution in [0.25, 0.3) is 0 Å². The van der Waals surface area contributed by atoms with Gasteiger partial charge in [-0.25, -0.2) is 8.78 Å². The van der Waals surface area contributed by atoms with E-state index in [1.165, 1.54) is 12.1 Å². The van der Waals surface area contributed by atoms with E-state index in [-0.39, 0.29) is 19.0 Å². The van der Waals surface area contributed by atoms with Crippen molar-refractivity contribution in [3.05, 3.63) is 65.2 Å². The topological polar surface area (TPSA) is 23.5 Å². The maximum absolute atomic E-state index is 13.8. The Bertz CT molecular complexity index is 572. The lowest BCUT2D eigenvalue weighted by Gasteiger charge is -2.22. The van der Waals surface area contributed by atoms with Gasteiger partial charge in [0.2, 0.25) is 0 Å². The number of aliphatic hydroxyl groups is 1. The van der Waals surface area contributed by atoms with Gasteiger partial charge in [0.05, 0.1) is 12.3 Å². The van der Waals surface area contributed by atoms with Crippen molar-refractivity contribution >= 4 is 5.69 Å². The van der Waals surface area contributed by atoms with Crippen molar-refractivity contribution < 1.29 is 13.9 Å². The normalized spacial score (nSPS) is 10.5. The zero-order valence-electron chi connectivity index (χ0n) is 10.6. The third kappa shape index (κ3) is 2.90. The fourth-order valence-electron chi connectivity index (χ4n) is 2.08. The molecule has 0 aliphatic carbocycles. The lowest BCUT2D eigenvalue weighted by Crippen LogP contribution is -2.20. The molecule has 0 radical (unpaired) electrons. The summed E-state index contributed by atoms with van der Waals surface area (Å²) in [7, 11) is 1.67. The van der Waals surface area contributed by atoms with Gasteiger partial charge in [-0.3, -0.25) is 0 Å². The molecule has 0 saturated heterocycles. The molecule has 0 heterocycles. The number of aliphatic hydroxyl groups excluding tert-OH is 1. The van der Waals surface area contributed by atoms with Gasteiger partial charge in [0.1, 0.15) is 11.6 Å². The zero-order chi connectivity index (χ0) is 13.8. The number of para-hydroxylation sites is 1. The second-order valence-corrected chi connectivity index (χ2v) is 4.35. The Labute approximate surface area is 110 Å². The number of nitrogens with zero attached hydrogens (tertiary/aromatic N) is 1. The first-order valence-corrected chi connectivity index (χ1v) is 5.96. The molecule has 4 heteroatoms. The van der Waals surface area contributed by atoms with Gasteiger partial charge in [-0.2, -0.15) is 0 Å². The van der Waals surface area contributed by atoms with Crippen molar-refractivity contribution in [2.24, 2.45) is 0 Å². The number of rotatable bonds is 4. The molecule has 1 N–H and O–H groups in total. The summed E-state index contributed by atoms with van der Waals surface area (Å²) in [5, 5.41) is 9.25. The summed E-state index contributed by atoms with van der Waals surface area (Å²) in [4.78, 5) is 1.60. The predicted molar refractivity (Wildman–Crippen MR) is 70.8 cm³/mol. The first-order chi connectivity index (χ1) is 9.13. The second-order valence-electron chi connectivity index (χ2n) is 4.35. The van der Waals surface area contributed by atoms with Crippen LogP contribution >= 0.6 is 0 Å². The lowest BCUT2D eigenvalue weighted by molar-refractivity contribution is 0.281. The molecule has 100 valence electrons. The SMILES string of the molecule is CN(Cc1ccccc1F)c1c(F)cccc1CO. The van der Waals surface area contributed by atoms with Crippen molar-refractivity contribution in [2.45, 2.75) is 13.2 Å². The fraction of sp³-hybridized carbons (Fsp3) is 0.200. The number of benzene rings is 2. The molecule has 2 rings (SSSR count). The van der Waals surface area contributed by atoms with Crippen LogP contribution in [-0.2, 0) is 13.2 Å². The smallest absolute Gasteiger partial charge is 0.146 e. The van der Waals surface area contributed by atoms with Crippen LogP contribution in [0.4, 0.5) is 14.5 Å². The summed E-state index contributed by atoms with van der Waals surface area (Å²) in [6, 6.07) is 10.9. The number of hydrogen-bond donors (Lipinski definition) is 1. The molecule has 0 fully saturated rings. The number of hydrogen-bond acceptors (Lipinski definition) is 2. The van der Waals surface area contributed by atoms with Crippen LogP contribution in [0.1, 0.15) is 11.1 Å². The van der Waals surface area contributed by atoms with Gasteiger partial charge in [0.15, 0.2) is 0 Å². The predicted octanol–water partition coefficient (Wildman–Crippen LogP) is 3.09. The van der Waals surface area contributed by atoms with Crippen molar-refractivity contribution in [3.8, 4) is 0 Å².